The van der Waals surface area contributed by atoms with E-state index in [9.17, 15) is 0 Å². The molecule has 0 unspecified atom stereocenters. The second kappa shape index (κ2) is 6.44. The number of aryl methyl sites for hydroxylation is 2. The van der Waals surface area contributed by atoms with Crippen molar-refractivity contribution in [3.05, 3.63) is 35.5 Å². The van der Waals surface area contributed by atoms with Gasteiger partial charge < -0.3 is 10.6 Å². The highest BCUT2D eigenvalue weighted by Crippen LogP contribution is 2.25. The molecular formula is C18H25N3. The molecule has 21 heavy (non-hydrogen) atoms. The topological polar surface area (TPSA) is 42.2 Å². The molecule has 0 bridgehead atoms. The first-order chi connectivity index (χ1) is 10.3. The number of piperidine rings is 1. The summed E-state index contributed by atoms with van der Waals surface area (Å²) in [7, 11) is 0. The quantitative estimate of drug-likeness (QED) is 0.935. The van der Waals surface area contributed by atoms with Crippen LogP contribution in [0.25, 0.3) is 10.9 Å². The molecular weight excluding hydrogens is 258 g/mol. The Bertz CT molecular complexity index is 615. The molecule has 0 saturated carbocycles. The van der Waals surface area contributed by atoms with E-state index >= 15 is 0 Å². The lowest BCUT2D eigenvalue weighted by Crippen LogP contribution is -2.29. The van der Waals surface area contributed by atoms with Gasteiger partial charge in [0.2, 0.25) is 0 Å². The van der Waals surface area contributed by atoms with Crippen molar-refractivity contribution < 1.29 is 0 Å². The van der Waals surface area contributed by atoms with Crippen molar-refractivity contribution in [2.24, 2.45) is 5.73 Å². The Labute approximate surface area is 127 Å². The van der Waals surface area contributed by atoms with E-state index < -0.39 is 0 Å². The van der Waals surface area contributed by atoms with Crippen molar-refractivity contribution in [1.82, 2.24) is 4.98 Å². The summed E-state index contributed by atoms with van der Waals surface area (Å²) >= 11 is 0. The van der Waals surface area contributed by atoms with Gasteiger partial charge in [-0.3, -0.25) is 4.98 Å². The number of benzene rings is 1. The maximum atomic E-state index is 5.63. The van der Waals surface area contributed by atoms with Crippen LogP contribution in [0, 0.1) is 6.92 Å². The van der Waals surface area contributed by atoms with Gasteiger partial charge in [-0.05, 0) is 75.4 Å². The van der Waals surface area contributed by atoms with Crippen LogP contribution in [0.4, 0.5) is 5.69 Å². The zero-order valence-electron chi connectivity index (χ0n) is 12.9. The van der Waals surface area contributed by atoms with E-state index in [1.54, 1.807) is 0 Å². The normalized spacial score (nSPS) is 15.6. The van der Waals surface area contributed by atoms with E-state index in [1.165, 1.54) is 49.0 Å². The van der Waals surface area contributed by atoms with Crippen LogP contribution in [0.2, 0.25) is 0 Å². The maximum absolute atomic E-state index is 5.63. The minimum absolute atomic E-state index is 0.741. The Hall–Kier alpha value is -1.61. The minimum atomic E-state index is 0.741. The fraction of sp³-hybridized carbons (Fsp3) is 0.500. The number of pyridine rings is 1. The lowest BCUT2D eigenvalue weighted by molar-refractivity contribution is 0.578. The molecule has 3 nitrogen and oxygen atoms in total. The van der Waals surface area contributed by atoms with Crippen LogP contribution in [-0.2, 0) is 6.42 Å². The van der Waals surface area contributed by atoms with E-state index in [2.05, 4.69) is 36.1 Å². The Morgan fingerprint density at radius 1 is 1.14 bits per heavy atom. The molecule has 2 aromatic rings. The van der Waals surface area contributed by atoms with Crippen molar-refractivity contribution in [2.45, 2.75) is 39.0 Å². The van der Waals surface area contributed by atoms with E-state index in [0.717, 1.165) is 30.6 Å². The molecule has 1 aromatic carbocycles. The van der Waals surface area contributed by atoms with Crippen LogP contribution >= 0.6 is 0 Å². The van der Waals surface area contributed by atoms with Gasteiger partial charge in [-0.1, -0.05) is 0 Å². The zero-order chi connectivity index (χ0) is 14.7. The number of nitrogens with two attached hydrogens (primary N) is 1. The highest BCUT2D eigenvalue weighted by molar-refractivity contribution is 5.83. The number of hydrogen-bond acceptors (Lipinski definition) is 3. The number of aromatic nitrogens is 1. The highest BCUT2D eigenvalue weighted by Gasteiger charge is 2.12. The molecule has 2 heterocycles. The summed E-state index contributed by atoms with van der Waals surface area (Å²) < 4.78 is 0. The summed E-state index contributed by atoms with van der Waals surface area (Å²) in [5, 5.41) is 1.26. The van der Waals surface area contributed by atoms with Crippen LogP contribution in [0.1, 0.15) is 36.9 Å². The molecule has 112 valence electrons. The lowest BCUT2D eigenvalue weighted by Gasteiger charge is -2.29. The Morgan fingerprint density at radius 2 is 1.95 bits per heavy atom. The van der Waals surface area contributed by atoms with Crippen LogP contribution in [0.15, 0.2) is 24.3 Å². The van der Waals surface area contributed by atoms with E-state index in [1.807, 2.05) is 0 Å². The average Bonchev–Trinajstić information content (AvgIpc) is 2.53. The third kappa shape index (κ3) is 3.18. The van der Waals surface area contributed by atoms with Crippen LogP contribution < -0.4 is 10.6 Å². The molecule has 1 aliphatic heterocycles. The molecule has 0 radical (unpaired) electrons. The standard InChI is InChI=1S/C18H25N3/c1-14-15(6-5-9-19)12-16-13-17(7-8-18(16)20-14)21-10-3-2-4-11-21/h7-8,12-13H,2-6,9-11,19H2,1H3. The van der Waals surface area contributed by atoms with Gasteiger partial charge in [0.25, 0.3) is 0 Å². The van der Waals surface area contributed by atoms with Crippen molar-refractivity contribution in [2.75, 3.05) is 24.5 Å². The van der Waals surface area contributed by atoms with Gasteiger partial charge in [0, 0.05) is 29.9 Å². The third-order valence-electron chi connectivity index (χ3n) is 4.47. The predicted octanol–water partition coefficient (Wildman–Crippen LogP) is 3.42. The lowest BCUT2D eigenvalue weighted by atomic mass is 10.0. The van der Waals surface area contributed by atoms with Crippen molar-refractivity contribution in [1.29, 1.82) is 0 Å². The molecule has 0 aliphatic carbocycles. The van der Waals surface area contributed by atoms with Crippen molar-refractivity contribution in [3.8, 4) is 0 Å². The first-order valence-corrected chi connectivity index (χ1v) is 8.13. The summed E-state index contributed by atoms with van der Waals surface area (Å²) in [5.41, 5.74) is 10.6. The molecule has 0 spiro atoms. The molecule has 1 saturated heterocycles. The molecule has 1 fully saturated rings. The van der Waals surface area contributed by atoms with Gasteiger partial charge >= 0.3 is 0 Å². The number of nitrogens with zero attached hydrogens (tertiary/aromatic N) is 2. The van der Waals surface area contributed by atoms with Crippen LogP contribution in [0.5, 0.6) is 0 Å². The van der Waals surface area contributed by atoms with Crippen LogP contribution in [0.3, 0.4) is 0 Å². The van der Waals surface area contributed by atoms with Crippen molar-refractivity contribution in [3.63, 3.8) is 0 Å². The molecule has 2 N–H and O–H groups in total. The third-order valence-corrected chi connectivity index (χ3v) is 4.47. The maximum Gasteiger partial charge on any atom is 0.0706 e. The minimum Gasteiger partial charge on any atom is -0.372 e. The fourth-order valence-corrected chi connectivity index (χ4v) is 3.20. The fourth-order valence-electron chi connectivity index (χ4n) is 3.20. The zero-order valence-corrected chi connectivity index (χ0v) is 12.9. The van der Waals surface area contributed by atoms with Gasteiger partial charge in [0.1, 0.15) is 0 Å². The number of fused-ring (bicyclic) bond motifs is 1. The summed E-state index contributed by atoms with van der Waals surface area (Å²) in [6, 6.07) is 9.00. The monoisotopic (exact) mass is 283 g/mol. The molecule has 1 aromatic heterocycles. The van der Waals surface area contributed by atoms with E-state index in [4.69, 9.17) is 10.7 Å². The Balaban J connectivity index is 1.93. The molecule has 3 rings (SSSR count). The second-order valence-corrected chi connectivity index (χ2v) is 6.05. The molecule has 0 amide bonds. The average molecular weight is 283 g/mol. The number of hydrogen-bond donors (Lipinski definition) is 1. The van der Waals surface area contributed by atoms with E-state index in [-0.39, 0.29) is 0 Å². The second-order valence-electron chi connectivity index (χ2n) is 6.05. The van der Waals surface area contributed by atoms with E-state index in [0.29, 0.717) is 0 Å². The molecule has 0 atom stereocenters. The van der Waals surface area contributed by atoms with Crippen molar-refractivity contribution >= 4 is 16.6 Å². The Morgan fingerprint density at radius 3 is 2.71 bits per heavy atom. The van der Waals surface area contributed by atoms with Gasteiger partial charge in [0.05, 0.1) is 5.52 Å². The number of anilines is 1. The van der Waals surface area contributed by atoms with Gasteiger partial charge in [0.15, 0.2) is 0 Å². The first kappa shape index (κ1) is 14.3. The van der Waals surface area contributed by atoms with Gasteiger partial charge in [-0.2, -0.15) is 0 Å². The SMILES string of the molecule is Cc1nc2ccc(N3CCCCC3)cc2cc1CCCN. The largest absolute Gasteiger partial charge is 0.372 e. The predicted molar refractivity (Wildman–Crippen MR) is 89.9 cm³/mol. The summed E-state index contributed by atoms with van der Waals surface area (Å²) in [4.78, 5) is 7.26. The summed E-state index contributed by atoms with van der Waals surface area (Å²) in [6.07, 6.45) is 6.05. The molecule has 1 aliphatic rings. The van der Waals surface area contributed by atoms with Crippen LogP contribution in [-0.4, -0.2) is 24.6 Å². The number of rotatable bonds is 4. The highest BCUT2D eigenvalue weighted by atomic mass is 15.1. The summed E-state index contributed by atoms with van der Waals surface area (Å²) in [5.74, 6) is 0. The van der Waals surface area contributed by atoms with Gasteiger partial charge in [-0.25, -0.2) is 0 Å². The van der Waals surface area contributed by atoms with Gasteiger partial charge in [-0.15, -0.1) is 0 Å². The molecule has 3 heteroatoms. The Kier molecular flexibility index (Phi) is 4.39. The summed E-state index contributed by atoms with van der Waals surface area (Å²) in [6.45, 7) is 5.21. The first-order valence-electron chi connectivity index (χ1n) is 8.13. The smallest absolute Gasteiger partial charge is 0.0706 e.